The molecule has 3 heteroatoms. The first kappa shape index (κ1) is 11.1. The Morgan fingerprint density at radius 3 is 2.62 bits per heavy atom. The number of carbonyl (C=O) groups is 1. The third kappa shape index (κ3) is 2.25. The number of rotatable bonds is 2. The zero-order valence-electron chi connectivity index (χ0n) is 9.86. The van der Waals surface area contributed by atoms with E-state index >= 15 is 0 Å². The highest BCUT2D eigenvalue weighted by molar-refractivity contribution is 5.94. The molecule has 1 atom stereocenters. The Bertz CT molecular complexity index is 372. The van der Waals surface area contributed by atoms with E-state index in [0.29, 0.717) is 6.04 Å². The van der Waals surface area contributed by atoms with Crippen LogP contribution in [-0.4, -0.2) is 37.0 Å². The first-order valence-corrected chi connectivity index (χ1v) is 5.74. The summed E-state index contributed by atoms with van der Waals surface area (Å²) in [6.45, 7) is 3.71. The highest BCUT2D eigenvalue weighted by atomic mass is 16.2. The molecule has 0 aliphatic carbocycles. The Labute approximate surface area is 96.5 Å². The number of amides is 1. The summed E-state index contributed by atoms with van der Waals surface area (Å²) in [6, 6.07) is 8.24. The fourth-order valence-electron chi connectivity index (χ4n) is 2.06. The lowest BCUT2D eigenvalue weighted by Crippen LogP contribution is -2.33. The van der Waals surface area contributed by atoms with Crippen LogP contribution in [-0.2, 0) is 0 Å². The van der Waals surface area contributed by atoms with E-state index in [-0.39, 0.29) is 5.91 Å². The minimum Gasteiger partial charge on any atom is -0.337 e. The molecular weight excluding hydrogens is 200 g/mol. The molecular formula is C13H18N2O. The van der Waals surface area contributed by atoms with Gasteiger partial charge in [-0.05, 0) is 32.5 Å². The first-order valence-electron chi connectivity index (χ1n) is 5.74. The summed E-state index contributed by atoms with van der Waals surface area (Å²) < 4.78 is 0. The quantitative estimate of drug-likeness (QED) is 0.814. The van der Waals surface area contributed by atoms with Gasteiger partial charge in [0.25, 0.3) is 5.91 Å². The lowest BCUT2D eigenvalue weighted by molar-refractivity contribution is 0.0789. The van der Waals surface area contributed by atoms with Gasteiger partial charge in [-0.2, -0.15) is 0 Å². The van der Waals surface area contributed by atoms with Gasteiger partial charge in [-0.25, -0.2) is 0 Å². The van der Waals surface area contributed by atoms with Gasteiger partial charge in [0, 0.05) is 24.7 Å². The molecule has 1 aliphatic rings. The van der Waals surface area contributed by atoms with Crippen LogP contribution in [0.2, 0.25) is 0 Å². The van der Waals surface area contributed by atoms with Gasteiger partial charge >= 0.3 is 0 Å². The minimum absolute atomic E-state index is 0.151. The average molecular weight is 218 g/mol. The van der Waals surface area contributed by atoms with Gasteiger partial charge in [0.1, 0.15) is 0 Å². The Morgan fingerprint density at radius 1 is 1.38 bits per heavy atom. The third-order valence-corrected chi connectivity index (χ3v) is 3.18. The number of likely N-dealkylation sites (N-methyl/N-ethyl adjacent to an activating group) is 1. The number of nitrogens with zero attached hydrogens (tertiary/aromatic N) is 1. The number of aryl methyl sites for hydroxylation is 1. The Morgan fingerprint density at radius 2 is 2.06 bits per heavy atom. The molecule has 0 spiro atoms. The van der Waals surface area contributed by atoms with E-state index in [1.165, 1.54) is 5.56 Å². The molecule has 1 aromatic rings. The van der Waals surface area contributed by atoms with Crippen LogP contribution >= 0.6 is 0 Å². The third-order valence-electron chi connectivity index (χ3n) is 3.18. The van der Waals surface area contributed by atoms with E-state index in [4.69, 9.17) is 0 Å². The molecule has 16 heavy (non-hydrogen) atoms. The van der Waals surface area contributed by atoms with Crippen molar-refractivity contribution >= 4 is 5.91 Å². The number of hydrogen-bond acceptors (Lipinski definition) is 2. The maximum absolute atomic E-state index is 12.1. The molecule has 1 fully saturated rings. The van der Waals surface area contributed by atoms with Crippen molar-refractivity contribution in [3.63, 3.8) is 0 Å². The van der Waals surface area contributed by atoms with Gasteiger partial charge < -0.3 is 10.2 Å². The van der Waals surface area contributed by atoms with Crippen LogP contribution in [0.25, 0.3) is 0 Å². The molecule has 0 radical (unpaired) electrons. The van der Waals surface area contributed by atoms with E-state index in [1.54, 1.807) is 0 Å². The molecule has 1 aliphatic heterocycles. The SMILES string of the molecule is CN[C@H]1CCN(C(=O)c2ccc(C)cc2)C1. The lowest BCUT2D eigenvalue weighted by atomic mass is 10.1. The molecule has 0 bridgehead atoms. The van der Waals surface area contributed by atoms with Crippen LogP contribution in [0, 0.1) is 6.92 Å². The van der Waals surface area contributed by atoms with E-state index < -0.39 is 0 Å². The zero-order chi connectivity index (χ0) is 11.5. The van der Waals surface area contributed by atoms with Gasteiger partial charge in [-0.15, -0.1) is 0 Å². The van der Waals surface area contributed by atoms with Crippen molar-refractivity contribution in [2.75, 3.05) is 20.1 Å². The summed E-state index contributed by atoms with van der Waals surface area (Å²) in [5.74, 6) is 0.151. The molecule has 1 N–H and O–H groups in total. The number of likely N-dealkylation sites (tertiary alicyclic amines) is 1. The minimum atomic E-state index is 0.151. The summed E-state index contributed by atoms with van der Waals surface area (Å²) in [5.41, 5.74) is 1.98. The van der Waals surface area contributed by atoms with Crippen molar-refractivity contribution in [1.82, 2.24) is 10.2 Å². The first-order chi connectivity index (χ1) is 7.70. The molecule has 3 nitrogen and oxygen atoms in total. The number of nitrogens with one attached hydrogen (secondary N) is 1. The smallest absolute Gasteiger partial charge is 0.253 e. The van der Waals surface area contributed by atoms with Gasteiger partial charge in [0.2, 0.25) is 0 Å². The van der Waals surface area contributed by atoms with Gasteiger partial charge in [0.15, 0.2) is 0 Å². The topological polar surface area (TPSA) is 32.3 Å². The molecule has 2 rings (SSSR count). The van der Waals surface area contributed by atoms with Crippen LogP contribution < -0.4 is 5.32 Å². The zero-order valence-corrected chi connectivity index (χ0v) is 9.86. The van der Waals surface area contributed by atoms with Crippen molar-refractivity contribution < 1.29 is 4.79 Å². The average Bonchev–Trinajstić information content (AvgIpc) is 2.77. The van der Waals surface area contributed by atoms with E-state index in [1.807, 2.05) is 43.1 Å². The highest BCUT2D eigenvalue weighted by Gasteiger charge is 2.25. The van der Waals surface area contributed by atoms with Crippen molar-refractivity contribution in [3.8, 4) is 0 Å². The van der Waals surface area contributed by atoms with Gasteiger partial charge in [-0.1, -0.05) is 17.7 Å². The number of benzene rings is 1. The molecule has 0 saturated carbocycles. The molecule has 1 amide bonds. The van der Waals surface area contributed by atoms with Gasteiger partial charge in [-0.3, -0.25) is 4.79 Å². The predicted molar refractivity (Wildman–Crippen MR) is 64.5 cm³/mol. The van der Waals surface area contributed by atoms with E-state index in [2.05, 4.69) is 5.32 Å². The van der Waals surface area contributed by atoms with Crippen LogP contribution in [0.1, 0.15) is 22.3 Å². The standard InChI is InChI=1S/C13H18N2O/c1-10-3-5-11(6-4-10)13(16)15-8-7-12(9-15)14-2/h3-6,12,14H,7-9H2,1-2H3/t12-/m0/s1. The molecule has 0 aromatic heterocycles. The molecule has 1 heterocycles. The van der Waals surface area contributed by atoms with Crippen molar-refractivity contribution in [2.24, 2.45) is 0 Å². The van der Waals surface area contributed by atoms with Crippen molar-refractivity contribution in [2.45, 2.75) is 19.4 Å². The normalized spacial score (nSPS) is 20.1. The summed E-state index contributed by atoms with van der Waals surface area (Å²) in [7, 11) is 1.95. The van der Waals surface area contributed by atoms with Crippen LogP contribution in [0.4, 0.5) is 0 Å². The van der Waals surface area contributed by atoms with E-state index in [0.717, 1.165) is 25.1 Å². The second-order valence-electron chi connectivity index (χ2n) is 4.39. The Hall–Kier alpha value is -1.35. The van der Waals surface area contributed by atoms with Crippen molar-refractivity contribution in [3.05, 3.63) is 35.4 Å². The predicted octanol–water partition coefficient (Wildman–Crippen LogP) is 1.43. The maximum Gasteiger partial charge on any atom is 0.253 e. The largest absolute Gasteiger partial charge is 0.337 e. The molecule has 1 aromatic carbocycles. The Kier molecular flexibility index (Phi) is 3.25. The maximum atomic E-state index is 12.1. The fraction of sp³-hybridized carbons (Fsp3) is 0.462. The van der Waals surface area contributed by atoms with Crippen molar-refractivity contribution in [1.29, 1.82) is 0 Å². The fourth-order valence-corrected chi connectivity index (χ4v) is 2.06. The Balaban J connectivity index is 2.05. The number of carbonyl (C=O) groups excluding carboxylic acids is 1. The monoisotopic (exact) mass is 218 g/mol. The van der Waals surface area contributed by atoms with Gasteiger partial charge in [0.05, 0.1) is 0 Å². The van der Waals surface area contributed by atoms with Crippen LogP contribution in [0.3, 0.4) is 0 Å². The second-order valence-corrected chi connectivity index (χ2v) is 4.39. The van der Waals surface area contributed by atoms with E-state index in [9.17, 15) is 4.79 Å². The van der Waals surface area contributed by atoms with Crippen LogP contribution in [0.15, 0.2) is 24.3 Å². The van der Waals surface area contributed by atoms with Crippen LogP contribution in [0.5, 0.6) is 0 Å². The molecule has 0 unspecified atom stereocenters. The summed E-state index contributed by atoms with van der Waals surface area (Å²) in [6.07, 6.45) is 1.05. The second kappa shape index (κ2) is 4.66. The summed E-state index contributed by atoms with van der Waals surface area (Å²) in [5, 5.41) is 3.22. The summed E-state index contributed by atoms with van der Waals surface area (Å²) in [4.78, 5) is 14.0. The molecule has 86 valence electrons. The lowest BCUT2D eigenvalue weighted by Gasteiger charge is -2.16. The number of hydrogen-bond donors (Lipinski definition) is 1. The molecule has 1 saturated heterocycles. The summed E-state index contributed by atoms with van der Waals surface area (Å²) >= 11 is 0. The highest BCUT2D eigenvalue weighted by Crippen LogP contribution is 2.13.